The molecule has 0 aliphatic heterocycles. The Balaban J connectivity index is 2.81. The minimum Gasteiger partial charge on any atom is -0.462 e. The number of Topliss-reactive ketones (excluding diaryl/α,β-unsaturated/α-hetero) is 1. The molecule has 0 heterocycles. The van der Waals surface area contributed by atoms with E-state index in [0.717, 1.165) is 12.8 Å². The van der Waals surface area contributed by atoms with Crippen molar-refractivity contribution in [3.63, 3.8) is 0 Å². The normalized spacial score (nSPS) is 19.2. The summed E-state index contributed by atoms with van der Waals surface area (Å²) in [4.78, 5) is 23.6. The summed E-state index contributed by atoms with van der Waals surface area (Å²) >= 11 is 0. The number of esters is 1. The maximum absolute atomic E-state index is 11.9. The molecular weight excluding hydrogens is 194 g/mol. The molecule has 2 N–H and O–H groups in total. The molecule has 0 aromatic carbocycles. The Bertz CT molecular complexity index is 255. The first-order valence-electron chi connectivity index (χ1n) is 5.47. The molecule has 1 aliphatic rings. The van der Waals surface area contributed by atoms with E-state index in [9.17, 15) is 9.59 Å². The molecule has 0 radical (unpaired) electrons. The molecule has 0 amide bonds. The molecule has 1 rings (SSSR count). The largest absolute Gasteiger partial charge is 0.462 e. The van der Waals surface area contributed by atoms with Gasteiger partial charge in [-0.25, -0.2) is 0 Å². The third kappa shape index (κ3) is 2.37. The Kier molecular flexibility index (Phi) is 3.85. The van der Waals surface area contributed by atoms with E-state index in [2.05, 4.69) is 0 Å². The zero-order chi connectivity index (χ0) is 11.5. The lowest BCUT2D eigenvalue weighted by Crippen LogP contribution is -2.42. The number of carbonyl (C=O) groups excluding carboxylic acids is 2. The third-order valence-corrected chi connectivity index (χ3v) is 2.91. The molecule has 0 unspecified atom stereocenters. The molecule has 15 heavy (non-hydrogen) atoms. The molecule has 1 fully saturated rings. The van der Waals surface area contributed by atoms with Crippen LogP contribution < -0.4 is 5.73 Å². The molecule has 0 aromatic rings. The highest BCUT2D eigenvalue weighted by Crippen LogP contribution is 2.40. The van der Waals surface area contributed by atoms with Crippen molar-refractivity contribution in [3.8, 4) is 0 Å². The van der Waals surface area contributed by atoms with Crippen molar-refractivity contribution >= 4 is 11.8 Å². The Morgan fingerprint density at radius 3 is 2.27 bits per heavy atom. The van der Waals surface area contributed by atoms with E-state index in [1.807, 2.05) is 0 Å². The molecule has 4 nitrogen and oxygen atoms in total. The Morgan fingerprint density at radius 2 is 1.87 bits per heavy atom. The number of hydrogen-bond donors (Lipinski definition) is 1. The standard InChI is InChI=1S/C11H19NO3/c1-8(2)15-10(14)11(9(13)7-12)5-3-4-6-11/h8H,3-7,12H2,1-2H3. The topological polar surface area (TPSA) is 69.4 Å². The van der Waals surface area contributed by atoms with Crippen LogP contribution in [0, 0.1) is 5.41 Å². The average molecular weight is 213 g/mol. The maximum atomic E-state index is 11.9. The van der Waals surface area contributed by atoms with Crippen LogP contribution in [-0.4, -0.2) is 24.4 Å². The number of rotatable bonds is 4. The quantitative estimate of drug-likeness (QED) is 0.559. The molecule has 0 aromatic heterocycles. The van der Waals surface area contributed by atoms with E-state index < -0.39 is 5.41 Å². The second-order valence-electron chi connectivity index (χ2n) is 4.37. The summed E-state index contributed by atoms with van der Waals surface area (Å²) < 4.78 is 5.15. The minimum absolute atomic E-state index is 0.0762. The first-order chi connectivity index (χ1) is 7.03. The molecule has 0 atom stereocenters. The Hall–Kier alpha value is -0.900. The van der Waals surface area contributed by atoms with Crippen molar-refractivity contribution in [1.82, 2.24) is 0 Å². The predicted molar refractivity (Wildman–Crippen MR) is 56.2 cm³/mol. The van der Waals surface area contributed by atoms with Crippen LogP contribution in [0.15, 0.2) is 0 Å². The molecule has 0 bridgehead atoms. The van der Waals surface area contributed by atoms with Gasteiger partial charge < -0.3 is 10.5 Å². The zero-order valence-corrected chi connectivity index (χ0v) is 9.41. The lowest BCUT2D eigenvalue weighted by atomic mass is 9.81. The van der Waals surface area contributed by atoms with E-state index in [1.54, 1.807) is 13.8 Å². The van der Waals surface area contributed by atoms with Gasteiger partial charge >= 0.3 is 5.97 Å². The lowest BCUT2D eigenvalue weighted by Gasteiger charge is -2.25. The van der Waals surface area contributed by atoms with Crippen LogP contribution in [0.25, 0.3) is 0 Å². The first-order valence-corrected chi connectivity index (χ1v) is 5.47. The summed E-state index contributed by atoms with van der Waals surface area (Å²) in [7, 11) is 0. The molecule has 86 valence electrons. The monoisotopic (exact) mass is 213 g/mol. The van der Waals surface area contributed by atoms with Gasteiger partial charge in [0, 0.05) is 0 Å². The van der Waals surface area contributed by atoms with Crippen molar-refractivity contribution in [2.24, 2.45) is 11.1 Å². The molecule has 0 spiro atoms. The van der Waals surface area contributed by atoms with Gasteiger partial charge in [0.05, 0.1) is 12.6 Å². The highest BCUT2D eigenvalue weighted by Gasteiger charge is 2.48. The summed E-state index contributed by atoms with van der Waals surface area (Å²) in [5, 5.41) is 0. The fraction of sp³-hybridized carbons (Fsp3) is 0.818. The average Bonchev–Trinajstić information content (AvgIpc) is 2.65. The second kappa shape index (κ2) is 4.75. The van der Waals surface area contributed by atoms with Crippen LogP contribution in [-0.2, 0) is 14.3 Å². The van der Waals surface area contributed by atoms with Crippen LogP contribution in [0.2, 0.25) is 0 Å². The van der Waals surface area contributed by atoms with Crippen molar-refractivity contribution < 1.29 is 14.3 Å². The number of ether oxygens (including phenoxy) is 1. The highest BCUT2D eigenvalue weighted by molar-refractivity contribution is 6.05. The van der Waals surface area contributed by atoms with Crippen molar-refractivity contribution in [2.45, 2.75) is 45.6 Å². The van der Waals surface area contributed by atoms with Crippen LogP contribution in [0.5, 0.6) is 0 Å². The third-order valence-electron chi connectivity index (χ3n) is 2.91. The van der Waals surface area contributed by atoms with Crippen molar-refractivity contribution in [1.29, 1.82) is 0 Å². The van der Waals surface area contributed by atoms with Gasteiger partial charge in [0.15, 0.2) is 5.78 Å². The van der Waals surface area contributed by atoms with Crippen molar-refractivity contribution in [3.05, 3.63) is 0 Å². The van der Waals surface area contributed by atoms with Gasteiger partial charge in [-0.3, -0.25) is 9.59 Å². The van der Waals surface area contributed by atoms with E-state index in [4.69, 9.17) is 10.5 Å². The summed E-state index contributed by atoms with van der Waals surface area (Å²) in [5.41, 5.74) is 4.42. The van der Waals surface area contributed by atoms with Gasteiger partial charge in [-0.2, -0.15) is 0 Å². The van der Waals surface area contributed by atoms with Crippen LogP contribution >= 0.6 is 0 Å². The summed E-state index contributed by atoms with van der Waals surface area (Å²) in [6.07, 6.45) is 2.81. The van der Waals surface area contributed by atoms with Gasteiger partial charge in [0.25, 0.3) is 0 Å². The summed E-state index contributed by atoms with van der Waals surface area (Å²) in [6.45, 7) is 3.49. The fourth-order valence-electron chi connectivity index (χ4n) is 2.10. The van der Waals surface area contributed by atoms with Crippen molar-refractivity contribution in [2.75, 3.05) is 6.54 Å². The minimum atomic E-state index is -0.932. The first kappa shape index (κ1) is 12.2. The van der Waals surface area contributed by atoms with Crippen LogP contribution in [0.3, 0.4) is 0 Å². The molecular formula is C11H19NO3. The Morgan fingerprint density at radius 1 is 1.33 bits per heavy atom. The summed E-state index contributed by atoms with van der Waals surface area (Å²) in [6, 6.07) is 0. The van der Waals surface area contributed by atoms with E-state index >= 15 is 0 Å². The van der Waals surface area contributed by atoms with Gasteiger partial charge in [-0.05, 0) is 26.7 Å². The summed E-state index contributed by atoms with van der Waals surface area (Å²) in [5.74, 6) is -0.559. The van der Waals surface area contributed by atoms with E-state index in [-0.39, 0.29) is 24.4 Å². The number of carbonyl (C=O) groups is 2. The zero-order valence-electron chi connectivity index (χ0n) is 9.41. The molecule has 0 saturated heterocycles. The van der Waals surface area contributed by atoms with Gasteiger partial charge in [0.1, 0.15) is 5.41 Å². The van der Waals surface area contributed by atoms with Gasteiger partial charge in [-0.15, -0.1) is 0 Å². The lowest BCUT2D eigenvalue weighted by molar-refractivity contribution is -0.163. The fourth-order valence-corrected chi connectivity index (χ4v) is 2.10. The smallest absolute Gasteiger partial charge is 0.319 e. The van der Waals surface area contributed by atoms with Gasteiger partial charge in [-0.1, -0.05) is 12.8 Å². The number of hydrogen-bond acceptors (Lipinski definition) is 4. The van der Waals surface area contributed by atoms with Gasteiger partial charge in [0.2, 0.25) is 0 Å². The second-order valence-corrected chi connectivity index (χ2v) is 4.37. The highest BCUT2D eigenvalue weighted by atomic mass is 16.5. The molecule has 1 saturated carbocycles. The van der Waals surface area contributed by atoms with E-state index in [0.29, 0.717) is 12.8 Å². The predicted octanol–water partition coefficient (Wildman–Crippen LogP) is 1.03. The SMILES string of the molecule is CC(C)OC(=O)C1(C(=O)CN)CCCC1. The van der Waals surface area contributed by atoms with Crippen LogP contribution in [0.1, 0.15) is 39.5 Å². The molecule has 4 heteroatoms. The number of nitrogens with two attached hydrogens (primary N) is 1. The number of ketones is 1. The van der Waals surface area contributed by atoms with E-state index in [1.165, 1.54) is 0 Å². The molecule has 1 aliphatic carbocycles. The van der Waals surface area contributed by atoms with Crippen LogP contribution in [0.4, 0.5) is 0 Å². The maximum Gasteiger partial charge on any atom is 0.319 e. The Labute approximate surface area is 90.2 Å².